The van der Waals surface area contributed by atoms with Crippen LogP contribution in [0.1, 0.15) is 72.1 Å². The van der Waals surface area contributed by atoms with E-state index in [0.717, 1.165) is 29.4 Å². The molecule has 0 aromatic rings. The summed E-state index contributed by atoms with van der Waals surface area (Å²) in [7, 11) is 0. The molecule has 0 N–H and O–H groups in total. The molecule has 0 aromatic heterocycles. The molecule has 0 spiro atoms. The number of fused-ring (bicyclic) bond motifs is 4. The lowest BCUT2D eigenvalue weighted by atomic mass is 9.37. The van der Waals surface area contributed by atoms with Gasteiger partial charge in [0.25, 0.3) is 6.92 Å². The van der Waals surface area contributed by atoms with Crippen LogP contribution in [-0.2, 0) is 4.65 Å². The lowest BCUT2D eigenvalue weighted by Gasteiger charge is -2.62. The van der Waals surface area contributed by atoms with E-state index < -0.39 is 0 Å². The monoisotopic (exact) mass is 274 g/mol. The maximum atomic E-state index is 6.81. The summed E-state index contributed by atoms with van der Waals surface area (Å²) < 4.78 is 6.81. The van der Waals surface area contributed by atoms with Gasteiger partial charge >= 0.3 is 0 Å². The van der Waals surface area contributed by atoms with Crippen LogP contribution in [0, 0.1) is 23.2 Å². The molecule has 2 aliphatic heterocycles. The van der Waals surface area contributed by atoms with E-state index in [0.29, 0.717) is 18.4 Å². The van der Waals surface area contributed by atoms with Gasteiger partial charge in [0.15, 0.2) is 0 Å². The van der Waals surface area contributed by atoms with E-state index in [1.165, 1.54) is 51.4 Å². The molecule has 112 valence electrons. The van der Waals surface area contributed by atoms with E-state index in [4.69, 9.17) is 4.65 Å². The minimum atomic E-state index is 0.581. The van der Waals surface area contributed by atoms with Gasteiger partial charge in [-0.25, -0.2) is 0 Å². The Hall–Kier alpha value is 0.0249. The van der Waals surface area contributed by atoms with E-state index >= 15 is 0 Å². The molecule has 5 fully saturated rings. The van der Waals surface area contributed by atoms with Crippen molar-refractivity contribution in [1.29, 1.82) is 0 Å². The van der Waals surface area contributed by atoms with Crippen molar-refractivity contribution in [2.24, 2.45) is 23.2 Å². The highest BCUT2D eigenvalue weighted by atomic mass is 16.4. The van der Waals surface area contributed by atoms with Gasteiger partial charge in [-0.3, -0.25) is 0 Å². The fourth-order valence-corrected chi connectivity index (χ4v) is 6.32. The minimum Gasteiger partial charge on any atom is -0.432 e. The molecular weight excluding hydrogens is 243 g/mol. The van der Waals surface area contributed by atoms with Crippen LogP contribution in [-0.4, -0.2) is 13.0 Å². The van der Waals surface area contributed by atoms with Crippen LogP contribution in [0.25, 0.3) is 0 Å². The Morgan fingerprint density at radius 1 is 0.950 bits per heavy atom. The van der Waals surface area contributed by atoms with Crippen LogP contribution < -0.4 is 0 Å². The summed E-state index contributed by atoms with van der Waals surface area (Å²) in [5.41, 5.74) is 0.599. The van der Waals surface area contributed by atoms with Crippen LogP contribution in [0.2, 0.25) is 11.6 Å². The predicted octanol–water partition coefficient (Wildman–Crippen LogP) is 5.17. The molecule has 5 aliphatic rings. The van der Waals surface area contributed by atoms with Gasteiger partial charge < -0.3 is 4.65 Å². The summed E-state index contributed by atoms with van der Waals surface area (Å²) in [5.74, 6) is 4.46. The number of hydrogen-bond acceptors (Lipinski definition) is 1. The quantitative estimate of drug-likeness (QED) is 0.631. The normalized spacial score (nSPS) is 49.6. The van der Waals surface area contributed by atoms with Crippen molar-refractivity contribution in [2.75, 3.05) is 0 Å². The lowest BCUT2D eigenvalue weighted by Crippen LogP contribution is -2.58. The van der Waals surface area contributed by atoms with Gasteiger partial charge in [-0.2, -0.15) is 0 Å². The lowest BCUT2D eigenvalue weighted by molar-refractivity contribution is -0.149. The van der Waals surface area contributed by atoms with Crippen molar-refractivity contribution >= 4 is 6.92 Å². The molecular formula is C18H31BO. The Kier molecular flexibility index (Phi) is 3.26. The third kappa shape index (κ3) is 1.93. The molecule has 5 rings (SSSR count). The van der Waals surface area contributed by atoms with Gasteiger partial charge in [-0.05, 0) is 47.6 Å². The topological polar surface area (TPSA) is 9.23 Å². The van der Waals surface area contributed by atoms with Gasteiger partial charge in [0.1, 0.15) is 0 Å². The zero-order valence-corrected chi connectivity index (χ0v) is 13.6. The Labute approximate surface area is 125 Å². The molecule has 2 saturated heterocycles. The average molecular weight is 274 g/mol. The maximum absolute atomic E-state index is 6.81. The Morgan fingerprint density at radius 3 is 2.05 bits per heavy atom. The molecule has 2 unspecified atom stereocenters. The molecule has 3 saturated carbocycles. The third-order valence-corrected chi connectivity index (χ3v) is 7.85. The van der Waals surface area contributed by atoms with E-state index in [2.05, 4.69) is 20.8 Å². The largest absolute Gasteiger partial charge is 0.432 e. The van der Waals surface area contributed by atoms with Crippen LogP contribution >= 0.6 is 0 Å². The molecule has 3 aliphatic carbocycles. The second-order valence-corrected chi connectivity index (χ2v) is 8.98. The smallest absolute Gasteiger partial charge is 0.299 e. The van der Waals surface area contributed by atoms with Crippen molar-refractivity contribution in [3.05, 3.63) is 0 Å². The molecule has 0 aromatic carbocycles. The fourth-order valence-electron chi connectivity index (χ4n) is 6.32. The summed E-state index contributed by atoms with van der Waals surface area (Å²) in [5, 5.41) is 0. The highest BCUT2D eigenvalue weighted by Gasteiger charge is 2.57. The van der Waals surface area contributed by atoms with Crippen LogP contribution in [0.3, 0.4) is 0 Å². The first-order chi connectivity index (χ1) is 9.57. The second kappa shape index (κ2) is 4.76. The average Bonchev–Trinajstić information content (AvgIpc) is 2.40. The summed E-state index contributed by atoms with van der Waals surface area (Å²) >= 11 is 0. The van der Waals surface area contributed by atoms with E-state index in [-0.39, 0.29) is 0 Å². The van der Waals surface area contributed by atoms with Gasteiger partial charge in [0.2, 0.25) is 0 Å². The van der Waals surface area contributed by atoms with Crippen molar-refractivity contribution in [2.45, 2.75) is 89.9 Å². The van der Waals surface area contributed by atoms with Crippen molar-refractivity contribution in [3.8, 4) is 0 Å². The standard InChI is InChI=1S/C18H31BO/c1-12-16-10-13(18(16,2)3)11-17(12)20-19-14-6-4-7-15(19)9-5-8-14/h12-17H,4-11H2,1-3H3/t12-,13?,14?,15?,16?,17-/m1/s1. The molecule has 20 heavy (non-hydrogen) atoms. The first-order valence-corrected chi connectivity index (χ1v) is 9.23. The second-order valence-electron chi connectivity index (χ2n) is 8.98. The summed E-state index contributed by atoms with van der Waals surface area (Å²) in [4.78, 5) is 0. The highest BCUT2D eigenvalue weighted by Crippen LogP contribution is 2.62. The SMILES string of the molecule is C[C@@H]1C2CC(C[C@H]1OB1C3CCCC1CCC3)C2(C)C. The number of rotatable bonds is 2. The summed E-state index contributed by atoms with van der Waals surface area (Å²) in [6.07, 6.45) is 12.1. The van der Waals surface area contributed by atoms with Gasteiger partial charge in [-0.15, -0.1) is 0 Å². The highest BCUT2D eigenvalue weighted by molar-refractivity contribution is 6.56. The van der Waals surface area contributed by atoms with Crippen LogP contribution in [0.4, 0.5) is 0 Å². The Balaban J connectivity index is 1.45. The van der Waals surface area contributed by atoms with Gasteiger partial charge in [0.05, 0.1) is 0 Å². The zero-order valence-electron chi connectivity index (χ0n) is 13.6. The molecule has 0 radical (unpaired) electrons. The van der Waals surface area contributed by atoms with E-state index in [1.54, 1.807) is 0 Å². The maximum Gasteiger partial charge on any atom is 0.299 e. The first kappa shape index (κ1) is 13.7. The Morgan fingerprint density at radius 2 is 1.55 bits per heavy atom. The van der Waals surface area contributed by atoms with Crippen molar-refractivity contribution in [3.63, 3.8) is 0 Å². The van der Waals surface area contributed by atoms with Crippen LogP contribution in [0.5, 0.6) is 0 Å². The number of hydrogen-bond donors (Lipinski definition) is 0. The van der Waals surface area contributed by atoms with E-state index in [9.17, 15) is 0 Å². The first-order valence-electron chi connectivity index (χ1n) is 9.23. The molecule has 4 atom stereocenters. The third-order valence-electron chi connectivity index (χ3n) is 7.85. The molecule has 0 amide bonds. The Bertz CT molecular complexity index is 358. The summed E-state index contributed by atoms with van der Waals surface area (Å²) in [6.45, 7) is 8.10. The van der Waals surface area contributed by atoms with Crippen LogP contribution in [0.15, 0.2) is 0 Å². The van der Waals surface area contributed by atoms with Crippen molar-refractivity contribution in [1.82, 2.24) is 0 Å². The van der Waals surface area contributed by atoms with Crippen molar-refractivity contribution < 1.29 is 4.65 Å². The molecule has 2 heteroatoms. The zero-order chi connectivity index (χ0) is 13.9. The minimum absolute atomic E-state index is 0.581. The fraction of sp³-hybridized carbons (Fsp3) is 1.00. The molecule has 4 bridgehead atoms. The van der Waals surface area contributed by atoms with Gasteiger partial charge in [0, 0.05) is 6.10 Å². The predicted molar refractivity (Wildman–Crippen MR) is 85.0 cm³/mol. The molecule has 2 heterocycles. The van der Waals surface area contributed by atoms with E-state index in [1.807, 2.05) is 0 Å². The van der Waals surface area contributed by atoms with Gasteiger partial charge in [-0.1, -0.05) is 59.3 Å². The summed E-state index contributed by atoms with van der Waals surface area (Å²) in [6, 6.07) is 0. The molecule has 1 nitrogen and oxygen atoms in total.